The number of halogens is 1. The maximum Gasteiger partial charge on any atom is 0.409 e. The molecule has 3 amide bonds. The number of hydrogen-bond acceptors (Lipinski definition) is 7. The van der Waals surface area contributed by atoms with Crippen LogP contribution in [0.4, 0.5) is 9.18 Å². The number of nitrogens with zero attached hydrogens (tertiary/aromatic N) is 4. The molecule has 2 heterocycles. The first-order valence-electron chi connectivity index (χ1n) is 11.5. The van der Waals surface area contributed by atoms with Crippen molar-refractivity contribution in [3.05, 3.63) is 47.5 Å². The predicted octanol–water partition coefficient (Wildman–Crippen LogP) is 1.86. The summed E-state index contributed by atoms with van der Waals surface area (Å²) in [5.74, 6) is -2.83. The van der Waals surface area contributed by atoms with Crippen molar-refractivity contribution in [2.75, 3.05) is 32.8 Å². The van der Waals surface area contributed by atoms with Crippen LogP contribution < -0.4 is 5.32 Å². The second-order valence-electron chi connectivity index (χ2n) is 8.17. The molecule has 1 unspecified atom stereocenters. The van der Waals surface area contributed by atoms with Gasteiger partial charge in [-0.25, -0.2) is 19.2 Å². The number of ether oxygens (including phenoxy) is 1. The number of rotatable bonds is 8. The highest BCUT2D eigenvalue weighted by atomic mass is 19.1. The predicted molar refractivity (Wildman–Crippen MR) is 125 cm³/mol. The van der Waals surface area contributed by atoms with Gasteiger partial charge in [0.15, 0.2) is 5.82 Å². The van der Waals surface area contributed by atoms with Crippen LogP contribution in [0.25, 0.3) is 11.4 Å². The molecule has 1 aromatic carbocycles. The molecule has 1 aliphatic rings. The van der Waals surface area contributed by atoms with Gasteiger partial charge in [-0.1, -0.05) is 12.1 Å². The summed E-state index contributed by atoms with van der Waals surface area (Å²) in [6, 6.07) is 6.15. The lowest BCUT2D eigenvalue weighted by molar-refractivity contribution is -0.138. The van der Waals surface area contributed by atoms with Gasteiger partial charge in [0.05, 0.1) is 12.2 Å². The number of carboxylic acid groups (broad SMARTS) is 1. The van der Waals surface area contributed by atoms with E-state index in [1.807, 2.05) is 0 Å². The Bertz CT molecular complexity index is 1140. The van der Waals surface area contributed by atoms with E-state index in [9.17, 15) is 23.6 Å². The van der Waals surface area contributed by atoms with E-state index in [4.69, 9.17) is 9.84 Å². The summed E-state index contributed by atoms with van der Waals surface area (Å²) in [6.45, 7) is 4.48. The summed E-state index contributed by atoms with van der Waals surface area (Å²) in [7, 11) is 0. The van der Waals surface area contributed by atoms with Crippen LogP contribution in [0.3, 0.4) is 0 Å². The number of amides is 3. The van der Waals surface area contributed by atoms with Crippen molar-refractivity contribution in [2.24, 2.45) is 0 Å². The highest BCUT2D eigenvalue weighted by Gasteiger charge is 2.31. The van der Waals surface area contributed by atoms with Gasteiger partial charge in [0.1, 0.15) is 17.6 Å². The summed E-state index contributed by atoms with van der Waals surface area (Å²) < 4.78 is 19.2. The third-order valence-corrected chi connectivity index (χ3v) is 5.57. The van der Waals surface area contributed by atoms with Crippen LogP contribution in [0.2, 0.25) is 0 Å². The highest BCUT2D eigenvalue weighted by Crippen LogP contribution is 2.20. The lowest BCUT2D eigenvalue weighted by atomic mass is 10.1. The molecule has 12 heteroatoms. The van der Waals surface area contributed by atoms with E-state index in [1.54, 1.807) is 19.9 Å². The van der Waals surface area contributed by atoms with Crippen molar-refractivity contribution in [1.29, 1.82) is 0 Å². The molecule has 3 rings (SSSR count). The summed E-state index contributed by atoms with van der Waals surface area (Å²) >= 11 is 0. The van der Waals surface area contributed by atoms with Gasteiger partial charge in [0, 0.05) is 38.3 Å². The van der Waals surface area contributed by atoms with E-state index in [-0.39, 0.29) is 62.7 Å². The average molecular weight is 502 g/mol. The maximum atomic E-state index is 14.2. The zero-order valence-electron chi connectivity index (χ0n) is 20.1. The Balaban J connectivity index is 1.75. The van der Waals surface area contributed by atoms with Gasteiger partial charge in [-0.2, -0.15) is 0 Å². The third-order valence-electron chi connectivity index (χ3n) is 5.57. The normalized spacial score (nSPS) is 14.2. The van der Waals surface area contributed by atoms with Gasteiger partial charge in [-0.05, 0) is 38.5 Å². The average Bonchev–Trinajstić information content (AvgIpc) is 2.86. The molecule has 0 radical (unpaired) electrons. The van der Waals surface area contributed by atoms with E-state index >= 15 is 0 Å². The van der Waals surface area contributed by atoms with E-state index in [2.05, 4.69) is 15.3 Å². The number of aromatic nitrogens is 2. The summed E-state index contributed by atoms with van der Waals surface area (Å²) in [6.07, 6.45) is -0.949. The molecule has 36 heavy (non-hydrogen) atoms. The van der Waals surface area contributed by atoms with Gasteiger partial charge in [0.25, 0.3) is 5.91 Å². The Labute approximate surface area is 207 Å². The van der Waals surface area contributed by atoms with Gasteiger partial charge >= 0.3 is 12.1 Å². The molecule has 2 N–H and O–H groups in total. The molecule has 0 aliphatic carbocycles. The van der Waals surface area contributed by atoms with Crippen LogP contribution in [-0.4, -0.2) is 87.6 Å². The lowest BCUT2D eigenvalue weighted by Gasteiger charge is -2.35. The zero-order valence-corrected chi connectivity index (χ0v) is 20.1. The van der Waals surface area contributed by atoms with E-state index < -0.39 is 35.7 Å². The molecule has 1 atom stereocenters. The third kappa shape index (κ3) is 6.74. The first kappa shape index (κ1) is 26.5. The first-order valence-corrected chi connectivity index (χ1v) is 11.5. The Kier molecular flexibility index (Phi) is 8.87. The number of carboxylic acids is 1. The first-order chi connectivity index (χ1) is 17.2. The monoisotopic (exact) mass is 501 g/mol. The van der Waals surface area contributed by atoms with E-state index in [1.165, 1.54) is 34.1 Å². The Morgan fingerprint density at radius 2 is 1.78 bits per heavy atom. The van der Waals surface area contributed by atoms with Crippen molar-refractivity contribution in [3.8, 4) is 11.4 Å². The van der Waals surface area contributed by atoms with E-state index in [0.717, 1.165) is 0 Å². The fourth-order valence-corrected chi connectivity index (χ4v) is 3.75. The smallest absolute Gasteiger partial charge is 0.409 e. The van der Waals surface area contributed by atoms with Crippen LogP contribution in [0.15, 0.2) is 30.3 Å². The van der Waals surface area contributed by atoms with Crippen LogP contribution in [-0.2, 0) is 14.3 Å². The number of piperazine rings is 1. The van der Waals surface area contributed by atoms with Gasteiger partial charge in [-0.15, -0.1) is 0 Å². The van der Waals surface area contributed by atoms with Crippen molar-refractivity contribution < 1.29 is 33.4 Å². The quantitative estimate of drug-likeness (QED) is 0.558. The van der Waals surface area contributed by atoms with Gasteiger partial charge < -0.3 is 25.0 Å². The number of carbonyl (C=O) groups is 4. The molecule has 1 aliphatic heterocycles. The molecule has 1 saturated heterocycles. The van der Waals surface area contributed by atoms with Crippen molar-refractivity contribution >= 4 is 23.9 Å². The molecular weight excluding hydrogens is 473 g/mol. The second-order valence-corrected chi connectivity index (χ2v) is 8.17. The molecule has 11 nitrogen and oxygen atoms in total. The summed E-state index contributed by atoms with van der Waals surface area (Å²) in [5.41, 5.74) is 0.450. The Morgan fingerprint density at radius 1 is 1.11 bits per heavy atom. The molecule has 0 spiro atoms. The topological polar surface area (TPSA) is 142 Å². The number of carbonyl (C=O) groups excluding carboxylic acids is 3. The van der Waals surface area contributed by atoms with Crippen LogP contribution in [0, 0.1) is 12.7 Å². The second kappa shape index (κ2) is 12.0. The van der Waals surface area contributed by atoms with Gasteiger partial charge in [0.2, 0.25) is 5.91 Å². The largest absolute Gasteiger partial charge is 0.481 e. The molecule has 2 aromatic rings. The standard InChI is InChI=1S/C24H28FN5O6/c1-3-36-24(35)30-12-10-29(11-13-30)23(34)18(8-9-20(31)32)28-22(33)19-14-15(2)26-21(27-19)16-6-4-5-7-17(16)25/h4-7,14,18H,3,8-13H2,1-2H3,(H,28,33)(H,31,32). The molecule has 0 saturated carbocycles. The SMILES string of the molecule is CCOC(=O)N1CCN(C(=O)C(CCC(=O)O)NC(=O)c2cc(C)nc(-c3ccccc3F)n2)CC1. The summed E-state index contributed by atoms with van der Waals surface area (Å²) in [5, 5.41) is 11.7. The molecule has 1 aromatic heterocycles. The number of aliphatic carboxylic acids is 1. The van der Waals surface area contributed by atoms with E-state index in [0.29, 0.717) is 5.69 Å². The Hall–Kier alpha value is -4.09. The van der Waals surface area contributed by atoms with Crippen LogP contribution >= 0.6 is 0 Å². The molecule has 192 valence electrons. The van der Waals surface area contributed by atoms with Crippen molar-refractivity contribution in [1.82, 2.24) is 25.1 Å². The minimum Gasteiger partial charge on any atom is -0.481 e. The number of hydrogen-bond donors (Lipinski definition) is 2. The highest BCUT2D eigenvalue weighted by molar-refractivity contribution is 5.96. The summed E-state index contributed by atoms with van der Waals surface area (Å²) in [4.78, 5) is 60.6. The zero-order chi connectivity index (χ0) is 26.2. The van der Waals surface area contributed by atoms with Crippen molar-refractivity contribution in [3.63, 3.8) is 0 Å². The fourth-order valence-electron chi connectivity index (χ4n) is 3.75. The maximum absolute atomic E-state index is 14.2. The van der Waals surface area contributed by atoms with Gasteiger partial charge in [-0.3, -0.25) is 14.4 Å². The minimum atomic E-state index is -1.13. The van der Waals surface area contributed by atoms with Crippen molar-refractivity contribution in [2.45, 2.75) is 32.7 Å². The Morgan fingerprint density at radius 3 is 2.42 bits per heavy atom. The molecule has 0 bridgehead atoms. The number of benzene rings is 1. The minimum absolute atomic E-state index is 0.0155. The van der Waals surface area contributed by atoms with Crippen LogP contribution in [0.5, 0.6) is 0 Å². The number of nitrogens with one attached hydrogen (secondary N) is 1. The van der Waals surface area contributed by atoms with Crippen LogP contribution in [0.1, 0.15) is 35.9 Å². The fraction of sp³-hybridized carbons (Fsp3) is 0.417. The number of aryl methyl sites for hydroxylation is 1. The lowest BCUT2D eigenvalue weighted by Crippen LogP contribution is -2.56. The molecule has 1 fully saturated rings. The molecular formula is C24H28FN5O6.